The van der Waals surface area contributed by atoms with Gasteiger partial charge in [0.05, 0.1) is 25.8 Å². The van der Waals surface area contributed by atoms with E-state index >= 15 is 0 Å². The third-order valence-corrected chi connectivity index (χ3v) is 9.55. The number of hydrogen-bond donors (Lipinski definition) is 1. The highest BCUT2D eigenvalue weighted by Gasteiger charge is 2.69. The van der Waals surface area contributed by atoms with E-state index in [-0.39, 0.29) is 41.9 Å². The number of fused-ring (bicyclic) bond motifs is 1. The van der Waals surface area contributed by atoms with Crippen molar-refractivity contribution in [2.75, 3.05) is 20.2 Å². The van der Waals surface area contributed by atoms with E-state index in [1.807, 2.05) is 0 Å². The Bertz CT molecular complexity index is 1460. The largest absolute Gasteiger partial charge is 0.496 e. The van der Waals surface area contributed by atoms with E-state index in [0.717, 1.165) is 4.90 Å². The molecule has 3 saturated heterocycles. The average Bonchev–Trinajstić information content (AvgIpc) is 2.98. The van der Waals surface area contributed by atoms with Crippen LogP contribution < -0.4 is 10.1 Å². The van der Waals surface area contributed by atoms with Crippen LogP contribution in [0.4, 0.5) is 0 Å². The average molecular weight is 593 g/mol. The molecule has 3 fully saturated rings. The zero-order valence-corrected chi connectivity index (χ0v) is 23.4. The summed E-state index contributed by atoms with van der Waals surface area (Å²) in [6.45, 7) is 0.449. The van der Waals surface area contributed by atoms with Crippen molar-refractivity contribution in [2.24, 2.45) is 0 Å². The minimum atomic E-state index is -4.00. The van der Waals surface area contributed by atoms with Gasteiger partial charge in [-0.2, -0.15) is 0 Å². The summed E-state index contributed by atoms with van der Waals surface area (Å²) in [5.74, 6) is -0.650. The second kappa shape index (κ2) is 11.5. The molecule has 2 aromatic carbocycles. The predicted molar refractivity (Wildman–Crippen MR) is 146 cm³/mol. The van der Waals surface area contributed by atoms with Gasteiger partial charge < -0.3 is 15.0 Å². The molecule has 12 heteroatoms. The fraction of sp³-hybridized carbons (Fsp3) is 0.333. The SMILES string of the molecule is COc1ccc(Cl)cc1C=C1CN2C(=O)CC2(S(=O)(=O)Cc2ccc(Cl)cc2)C1=O.O=C1CCNC(=O)CC1. The van der Waals surface area contributed by atoms with Gasteiger partial charge in [-0.1, -0.05) is 35.3 Å². The Hall–Kier alpha value is -3.21. The molecule has 3 aliphatic rings. The van der Waals surface area contributed by atoms with Crippen LogP contribution >= 0.6 is 23.2 Å². The van der Waals surface area contributed by atoms with Crippen LogP contribution in [0, 0.1) is 0 Å². The summed E-state index contributed by atoms with van der Waals surface area (Å²) < 4.78 is 31.9. The molecule has 39 heavy (non-hydrogen) atoms. The maximum absolute atomic E-state index is 13.3. The van der Waals surface area contributed by atoms with E-state index in [2.05, 4.69) is 5.32 Å². The summed E-state index contributed by atoms with van der Waals surface area (Å²) >= 11 is 11.9. The number of nitrogens with one attached hydrogen (secondary N) is 1. The Balaban J connectivity index is 0.000000333. The summed E-state index contributed by atoms with van der Waals surface area (Å²) in [6, 6.07) is 11.3. The molecule has 2 amide bonds. The van der Waals surface area contributed by atoms with Crippen LogP contribution in [0.25, 0.3) is 6.08 Å². The highest BCUT2D eigenvalue weighted by atomic mass is 35.5. The first kappa shape index (κ1) is 28.8. The summed E-state index contributed by atoms with van der Waals surface area (Å²) in [5, 5.41) is 3.54. The topological polar surface area (TPSA) is 127 Å². The van der Waals surface area contributed by atoms with E-state index in [1.54, 1.807) is 42.5 Å². The van der Waals surface area contributed by atoms with E-state index < -0.39 is 20.5 Å². The molecule has 1 atom stereocenters. The molecule has 206 valence electrons. The molecule has 0 bridgehead atoms. The first-order valence-electron chi connectivity index (χ1n) is 12.1. The Morgan fingerprint density at radius 1 is 1.00 bits per heavy atom. The van der Waals surface area contributed by atoms with Crippen LogP contribution in [0.3, 0.4) is 0 Å². The van der Waals surface area contributed by atoms with Gasteiger partial charge in [-0.3, -0.25) is 19.2 Å². The van der Waals surface area contributed by atoms with Gasteiger partial charge >= 0.3 is 0 Å². The molecule has 1 N–H and O–H groups in total. The Morgan fingerprint density at radius 2 is 1.69 bits per heavy atom. The first-order valence-corrected chi connectivity index (χ1v) is 14.5. The minimum Gasteiger partial charge on any atom is -0.496 e. The zero-order chi connectivity index (χ0) is 28.4. The molecule has 9 nitrogen and oxygen atoms in total. The second-order valence-electron chi connectivity index (χ2n) is 9.35. The van der Waals surface area contributed by atoms with Gasteiger partial charge in [0.1, 0.15) is 11.5 Å². The maximum Gasteiger partial charge on any atom is 0.228 e. The van der Waals surface area contributed by atoms with Crippen molar-refractivity contribution in [1.29, 1.82) is 0 Å². The summed E-state index contributed by atoms with van der Waals surface area (Å²) in [4.78, 5) is 46.0. The highest BCUT2D eigenvalue weighted by molar-refractivity contribution is 7.93. The summed E-state index contributed by atoms with van der Waals surface area (Å²) in [5.41, 5.74) is 1.25. The van der Waals surface area contributed by atoms with Gasteiger partial charge in [-0.25, -0.2) is 8.42 Å². The number of ketones is 2. The summed E-state index contributed by atoms with van der Waals surface area (Å²) in [6.07, 6.45) is 2.49. The Labute approximate surface area is 236 Å². The van der Waals surface area contributed by atoms with Crippen molar-refractivity contribution in [3.05, 3.63) is 69.2 Å². The van der Waals surface area contributed by atoms with Crippen LogP contribution in [0.2, 0.25) is 10.0 Å². The summed E-state index contributed by atoms with van der Waals surface area (Å²) in [7, 11) is -2.52. The van der Waals surface area contributed by atoms with Crippen molar-refractivity contribution >= 4 is 62.5 Å². The Kier molecular flexibility index (Phi) is 8.48. The van der Waals surface area contributed by atoms with E-state index in [4.69, 9.17) is 27.9 Å². The molecule has 0 radical (unpaired) electrons. The molecule has 5 rings (SSSR count). The highest BCUT2D eigenvalue weighted by Crippen LogP contribution is 2.47. The lowest BCUT2D eigenvalue weighted by Gasteiger charge is -2.44. The molecule has 2 aromatic rings. The quantitative estimate of drug-likeness (QED) is 0.416. The number of rotatable bonds is 5. The monoisotopic (exact) mass is 592 g/mol. The number of carbonyl (C=O) groups is 4. The lowest BCUT2D eigenvalue weighted by Crippen LogP contribution is -2.67. The van der Waals surface area contributed by atoms with E-state index in [1.165, 1.54) is 13.2 Å². The van der Waals surface area contributed by atoms with Gasteiger partial charge in [0.2, 0.25) is 22.5 Å². The number of benzene rings is 2. The lowest BCUT2D eigenvalue weighted by atomic mass is 9.99. The van der Waals surface area contributed by atoms with Gasteiger partial charge in [0.15, 0.2) is 9.84 Å². The Morgan fingerprint density at radius 3 is 2.36 bits per heavy atom. The van der Waals surface area contributed by atoms with Crippen LogP contribution in [0.15, 0.2) is 48.0 Å². The number of sulfone groups is 1. The van der Waals surface area contributed by atoms with Crippen molar-refractivity contribution in [1.82, 2.24) is 10.2 Å². The first-order chi connectivity index (χ1) is 18.5. The van der Waals surface area contributed by atoms with Crippen LogP contribution in [0.5, 0.6) is 5.75 Å². The number of carbonyl (C=O) groups excluding carboxylic acids is 4. The fourth-order valence-electron chi connectivity index (χ4n) is 4.68. The number of hydrogen-bond acceptors (Lipinski definition) is 7. The van der Waals surface area contributed by atoms with Crippen LogP contribution in [-0.4, -0.2) is 61.8 Å². The molecule has 0 aliphatic carbocycles. The minimum absolute atomic E-state index is 0.000787. The number of ether oxygens (including phenoxy) is 1. The number of halogens is 2. The normalized spacial score (nSPS) is 21.9. The molecule has 0 aromatic heterocycles. The van der Waals surface area contributed by atoms with Gasteiger partial charge in [0.25, 0.3) is 0 Å². The third kappa shape index (κ3) is 5.88. The van der Waals surface area contributed by atoms with Gasteiger partial charge in [-0.15, -0.1) is 0 Å². The lowest BCUT2D eigenvalue weighted by molar-refractivity contribution is -0.150. The smallest absolute Gasteiger partial charge is 0.228 e. The molecule has 0 saturated carbocycles. The predicted octanol–water partition coefficient (Wildman–Crippen LogP) is 3.37. The number of nitrogens with zero attached hydrogens (tertiary/aromatic N) is 1. The van der Waals surface area contributed by atoms with Crippen LogP contribution in [0.1, 0.15) is 36.8 Å². The second-order valence-corrected chi connectivity index (χ2v) is 12.4. The van der Waals surface area contributed by atoms with Gasteiger partial charge in [-0.05, 0) is 42.0 Å². The molecule has 0 spiro atoms. The van der Waals surface area contributed by atoms with Crippen molar-refractivity contribution in [2.45, 2.75) is 36.3 Å². The maximum atomic E-state index is 13.3. The van der Waals surface area contributed by atoms with Gasteiger partial charge in [0, 0.05) is 47.0 Å². The molecular formula is C27H26Cl2N2O7S. The number of amides is 2. The standard InChI is InChI=1S/C21H17Cl2NO5S.C6H9NO2/c1-29-18-7-6-17(23)9-14(18)8-15-11-24-19(25)10-21(24,20(15)26)30(27,28)12-13-2-4-16(22)5-3-13;8-5-1-2-6(9)7-4-3-5/h2-9H,10-12H2,1H3;1-4H2,(H,7,9). The van der Waals surface area contributed by atoms with E-state index in [0.29, 0.717) is 52.7 Å². The molecular weight excluding hydrogens is 567 g/mol. The molecule has 3 heterocycles. The van der Waals surface area contributed by atoms with Crippen molar-refractivity contribution in [3.8, 4) is 5.75 Å². The van der Waals surface area contributed by atoms with Crippen molar-refractivity contribution < 1.29 is 32.3 Å². The molecule has 1 unspecified atom stereocenters. The fourth-order valence-corrected chi connectivity index (χ4v) is 7.12. The van der Waals surface area contributed by atoms with Crippen LogP contribution in [-0.2, 0) is 34.8 Å². The number of Topliss-reactive ketones (excluding diaryl/α,β-unsaturated/α-hetero) is 2. The zero-order valence-electron chi connectivity index (χ0n) is 21.0. The number of methoxy groups -OCH3 is 1. The van der Waals surface area contributed by atoms with E-state index in [9.17, 15) is 27.6 Å². The third-order valence-electron chi connectivity index (χ3n) is 6.77. The number of β-lactam (4-membered cyclic amide) rings is 1. The molecule has 3 aliphatic heterocycles. The van der Waals surface area contributed by atoms with Crippen molar-refractivity contribution in [3.63, 3.8) is 0 Å².